The predicted octanol–water partition coefficient (Wildman–Crippen LogP) is 5.23. The second-order valence-corrected chi connectivity index (χ2v) is 9.57. The van der Waals surface area contributed by atoms with Gasteiger partial charge in [-0.3, -0.25) is 14.9 Å². The highest BCUT2D eigenvalue weighted by Gasteiger charge is 2.32. The number of hydrogen-bond acceptors (Lipinski definition) is 6. The van der Waals surface area contributed by atoms with Gasteiger partial charge >= 0.3 is 0 Å². The number of carbonyl (C=O) groups excluding carboxylic acids is 2. The molecule has 2 amide bonds. The highest BCUT2D eigenvalue weighted by atomic mass is 32.2. The van der Waals surface area contributed by atoms with E-state index in [1.807, 2.05) is 77.7 Å². The van der Waals surface area contributed by atoms with Gasteiger partial charge in [0.1, 0.15) is 10.4 Å². The molecule has 1 aromatic heterocycles. The third kappa shape index (κ3) is 4.81. The zero-order valence-electron chi connectivity index (χ0n) is 17.5. The number of rotatable bonds is 6. The lowest BCUT2D eigenvalue weighted by atomic mass is 10.1. The second-order valence-electron chi connectivity index (χ2n) is 7.53. The minimum atomic E-state index is -0.242. The molecule has 4 aromatic rings. The standard InChI is InChI=1S/C25H20N4O2S2/c30-21-16-32-24(29(21)15-17-7-3-1-4-8-17)20-13-11-18(12-14-20)22(31)26-25-28-27-23(33-25)19-9-5-2-6-10-19/h1-14,24H,15-16H2,(H,26,28,31)/t24-/m1/s1. The van der Waals surface area contributed by atoms with E-state index in [4.69, 9.17) is 0 Å². The Kier molecular flexibility index (Phi) is 6.19. The molecule has 0 spiro atoms. The van der Waals surface area contributed by atoms with Gasteiger partial charge in [-0.05, 0) is 23.3 Å². The molecule has 1 fully saturated rings. The van der Waals surface area contributed by atoms with Gasteiger partial charge in [-0.2, -0.15) is 0 Å². The summed E-state index contributed by atoms with van der Waals surface area (Å²) in [5.41, 5.74) is 3.59. The van der Waals surface area contributed by atoms with Crippen LogP contribution in [0.2, 0.25) is 0 Å². The lowest BCUT2D eigenvalue weighted by molar-refractivity contribution is -0.128. The molecule has 8 heteroatoms. The molecule has 0 saturated carbocycles. The van der Waals surface area contributed by atoms with Crippen molar-refractivity contribution in [1.82, 2.24) is 15.1 Å². The Bertz CT molecular complexity index is 1260. The van der Waals surface area contributed by atoms with Gasteiger partial charge in [0.2, 0.25) is 11.0 Å². The molecule has 6 nitrogen and oxygen atoms in total. The summed E-state index contributed by atoms with van der Waals surface area (Å²) in [6.07, 6.45) is 0. The maximum absolute atomic E-state index is 12.7. The van der Waals surface area contributed by atoms with E-state index < -0.39 is 0 Å². The van der Waals surface area contributed by atoms with Crippen molar-refractivity contribution in [3.05, 3.63) is 102 Å². The van der Waals surface area contributed by atoms with Crippen molar-refractivity contribution in [3.8, 4) is 10.6 Å². The van der Waals surface area contributed by atoms with Crippen LogP contribution >= 0.6 is 23.1 Å². The van der Waals surface area contributed by atoms with E-state index >= 15 is 0 Å². The van der Waals surface area contributed by atoms with E-state index in [1.54, 1.807) is 23.9 Å². The summed E-state index contributed by atoms with van der Waals surface area (Å²) < 4.78 is 0. The summed E-state index contributed by atoms with van der Waals surface area (Å²) in [7, 11) is 0. The topological polar surface area (TPSA) is 75.2 Å². The zero-order valence-corrected chi connectivity index (χ0v) is 19.2. The van der Waals surface area contributed by atoms with Gasteiger partial charge in [-0.25, -0.2) is 0 Å². The molecule has 1 atom stereocenters. The SMILES string of the molecule is O=C(Nc1nnc(-c2ccccc2)s1)c1ccc([C@H]2SCC(=O)N2Cc2ccccc2)cc1. The third-order valence-electron chi connectivity index (χ3n) is 5.29. The van der Waals surface area contributed by atoms with Crippen LogP contribution in [0.25, 0.3) is 10.6 Å². The van der Waals surface area contributed by atoms with Crippen LogP contribution in [0.5, 0.6) is 0 Å². The Balaban J connectivity index is 1.27. The van der Waals surface area contributed by atoms with Crippen LogP contribution < -0.4 is 5.32 Å². The smallest absolute Gasteiger partial charge is 0.257 e. The third-order valence-corrected chi connectivity index (χ3v) is 7.43. The highest BCUT2D eigenvalue weighted by molar-refractivity contribution is 8.00. The molecule has 164 valence electrons. The van der Waals surface area contributed by atoms with Gasteiger partial charge in [0, 0.05) is 17.7 Å². The normalized spacial score (nSPS) is 15.6. The number of anilines is 1. The maximum Gasteiger partial charge on any atom is 0.257 e. The molecule has 3 aromatic carbocycles. The molecule has 1 aliphatic heterocycles. The van der Waals surface area contributed by atoms with E-state index in [0.29, 0.717) is 23.0 Å². The minimum absolute atomic E-state index is 0.0635. The van der Waals surface area contributed by atoms with Gasteiger partial charge in [-0.15, -0.1) is 22.0 Å². The van der Waals surface area contributed by atoms with Crippen molar-refractivity contribution in [3.63, 3.8) is 0 Å². The number of benzene rings is 3. The largest absolute Gasteiger partial charge is 0.322 e. The lowest BCUT2D eigenvalue weighted by Gasteiger charge is -2.24. The average molecular weight is 473 g/mol. The Hall–Kier alpha value is -3.49. The Morgan fingerprint density at radius 2 is 1.64 bits per heavy atom. The van der Waals surface area contributed by atoms with Crippen molar-refractivity contribution in [2.75, 3.05) is 11.1 Å². The quantitative estimate of drug-likeness (QED) is 0.416. The highest BCUT2D eigenvalue weighted by Crippen LogP contribution is 2.39. The predicted molar refractivity (Wildman–Crippen MR) is 132 cm³/mol. The molecule has 1 N–H and O–H groups in total. The lowest BCUT2D eigenvalue weighted by Crippen LogP contribution is -2.27. The van der Waals surface area contributed by atoms with Crippen LogP contribution in [0.15, 0.2) is 84.9 Å². The molecular weight excluding hydrogens is 452 g/mol. The second kappa shape index (κ2) is 9.56. The van der Waals surface area contributed by atoms with Crippen LogP contribution in [0.4, 0.5) is 5.13 Å². The monoisotopic (exact) mass is 472 g/mol. The minimum Gasteiger partial charge on any atom is -0.322 e. The van der Waals surface area contributed by atoms with Gasteiger partial charge in [0.25, 0.3) is 5.91 Å². The number of nitrogens with one attached hydrogen (secondary N) is 1. The molecule has 33 heavy (non-hydrogen) atoms. The summed E-state index contributed by atoms with van der Waals surface area (Å²) in [4.78, 5) is 27.1. The van der Waals surface area contributed by atoms with Gasteiger partial charge < -0.3 is 4.90 Å². The van der Waals surface area contributed by atoms with E-state index in [1.165, 1.54) is 11.3 Å². The average Bonchev–Trinajstić information content (AvgIpc) is 3.47. The number of carbonyl (C=O) groups is 2. The summed E-state index contributed by atoms with van der Waals surface area (Å²) >= 11 is 2.94. The molecule has 1 saturated heterocycles. The molecule has 1 aliphatic rings. The number of thioether (sulfide) groups is 1. The number of nitrogens with zero attached hydrogens (tertiary/aromatic N) is 3. The Morgan fingerprint density at radius 1 is 0.939 bits per heavy atom. The Morgan fingerprint density at radius 3 is 2.36 bits per heavy atom. The van der Waals surface area contributed by atoms with Crippen molar-refractivity contribution in [2.45, 2.75) is 11.9 Å². The van der Waals surface area contributed by atoms with Gasteiger partial charge in [0.15, 0.2) is 0 Å². The van der Waals surface area contributed by atoms with Crippen molar-refractivity contribution < 1.29 is 9.59 Å². The van der Waals surface area contributed by atoms with Crippen molar-refractivity contribution in [2.24, 2.45) is 0 Å². The van der Waals surface area contributed by atoms with Crippen LogP contribution in [0, 0.1) is 0 Å². The molecule has 0 bridgehead atoms. The fourth-order valence-corrected chi connectivity index (χ4v) is 5.55. The van der Waals surface area contributed by atoms with Gasteiger partial charge in [0.05, 0.1) is 5.75 Å². The van der Waals surface area contributed by atoms with Crippen LogP contribution in [0.1, 0.15) is 26.9 Å². The molecule has 0 aliphatic carbocycles. The first kappa shape index (κ1) is 21.4. The molecule has 2 heterocycles. The van der Waals surface area contributed by atoms with Crippen LogP contribution in [-0.4, -0.2) is 32.7 Å². The summed E-state index contributed by atoms with van der Waals surface area (Å²) in [5, 5.41) is 12.2. The van der Waals surface area contributed by atoms with Crippen LogP contribution in [-0.2, 0) is 11.3 Å². The number of aromatic nitrogens is 2. The maximum atomic E-state index is 12.7. The fourth-order valence-electron chi connectivity index (χ4n) is 3.62. The van der Waals surface area contributed by atoms with Crippen molar-refractivity contribution in [1.29, 1.82) is 0 Å². The van der Waals surface area contributed by atoms with E-state index in [0.717, 1.165) is 21.7 Å². The van der Waals surface area contributed by atoms with Crippen molar-refractivity contribution >= 4 is 40.0 Å². The molecule has 0 unspecified atom stereocenters. The van der Waals surface area contributed by atoms with E-state index in [2.05, 4.69) is 15.5 Å². The number of hydrogen-bond donors (Lipinski definition) is 1. The zero-order chi connectivity index (χ0) is 22.6. The van der Waals surface area contributed by atoms with Gasteiger partial charge in [-0.1, -0.05) is 84.1 Å². The molecular formula is C25H20N4O2S2. The van der Waals surface area contributed by atoms with E-state index in [-0.39, 0.29) is 17.2 Å². The summed E-state index contributed by atoms with van der Waals surface area (Å²) in [6.45, 7) is 0.570. The number of amides is 2. The molecule has 0 radical (unpaired) electrons. The molecule has 5 rings (SSSR count). The first-order valence-electron chi connectivity index (χ1n) is 10.4. The van der Waals surface area contributed by atoms with Crippen LogP contribution in [0.3, 0.4) is 0 Å². The fraction of sp³-hybridized carbons (Fsp3) is 0.120. The summed E-state index contributed by atoms with van der Waals surface area (Å²) in [6, 6.07) is 27.1. The Labute approximate surface area is 199 Å². The first-order chi connectivity index (χ1) is 16.2. The van der Waals surface area contributed by atoms with E-state index in [9.17, 15) is 9.59 Å². The summed E-state index contributed by atoms with van der Waals surface area (Å²) in [5.74, 6) is 0.343. The first-order valence-corrected chi connectivity index (χ1v) is 12.3.